The first-order chi connectivity index (χ1) is 10.1. The number of aromatic nitrogens is 1. The van der Waals surface area contributed by atoms with Crippen molar-refractivity contribution in [3.8, 4) is 0 Å². The Bertz CT molecular complexity index is 616. The summed E-state index contributed by atoms with van der Waals surface area (Å²) in [6, 6.07) is 8.57. The molecule has 0 bridgehead atoms. The Morgan fingerprint density at radius 1 is 1.24 bits per heavy atom. The third-order valence-corrected chi connectivity index (χ3v) is 3.55. The molecule has 0 atom stereocenters. The summed E-state index contributed by atoms with van der Waals surface area (Å²) in [7, 11) is 0. The topological polar surface area (TPSA) is 42.2 Å². The summed E-state index contributed by atoms with van der Waals surface area (Å²) in [5.41, 5.74) is 8.43. The number of hydrogen-bond donors (Lipinski definition) is 1. The molecule has 0 spiro atoms. The molecule has 0 saturated carbocycles. The lowest BCUT2D eigenvalue weighted by molar-refractivity contribution is 0.271. The van der Waals surface area contributed by atoms with Gasteiger partial charge in [-0.2, -0.15) is 0 Å². The number of hydrogen-bond acceptors (Lipinski definition) is 3. The summed E-state index contributed by atoms with van der Waals surface area (Å²) in [5.74, 6) is -0.321. The fourth-order valence-corrected chi connectivity index (χ4v) is 2.37. The average Bonchev–Trinajstić information content (AvgIpc) is 2.49. The van der Waals surface area contributed by atoms with E-state index in [4.69, 9.17) is 18.0 Å². The zero-order valence-electron chi connectivity index (χ0n) is 11.9. The predicted octanol–water partition coefficient (Wildman–Crippen LogP) is 2.88. The fourth-order valence-electron chi connectivity index (χ4n) is 2.18. The normalized spacial score (nSPS) is 10.8. The van der Waals surface area contributed by atoms with Crippen LogP contribution >= 0.6 is 12.2 Å². The molecule has 21 heavy (non-hydrogen) atoms. The van der Waals surface area contributed by atoms with Gasteiger partial charge in [-0.25, -0.2) is 4.39 Å². The molecule has 0 radical (unpaired) electrons. The Kier molecular flexibility index (Phi) is 5.36. The molecule has 2 N–H and O–H groups in total. The van der Waals surface area contributed by atoms with Crippen LogP contribution in [0, 0.1) is 5.82 Å². The smallest absolute Gasteiger partial charge is 0.123 e. The Morgan fingerprint density at radius 3 is 2.57 bits per heavy atom. The Labute approximate surface area is 129 Å². The molecule has 1 aromatic heterocycles. The van der Waals surface area contributed by atoms with Crippen LogP contribution in [0.1, 0.15) is 23.6 Å². The van der Waals surface area contributed by atoms with Crippen LogP contribution in [0.4, 0.5) is 4.39 Å². The van der Waals surface area contributed by atoms with E-state index in [-0.39, 0.29) is 10.8 Å². The zero-order chi connectivity index (χ0) is 15.2. The van der Waals surface area contributed by atoms with Crippen molar-refractivity contribution in [3.63, 3.8) is 0 Å². The van der Waals surface area contributed by atoms with Gasteiger partial charge >= 0.3 is 0 Å². The van der Waals surface area contributed by atoms with Gasteiger partial charge in [0.2, 0.25) is 0 Å². The molecule has 1 aromatic carbocycles. The van der Waals surface area contributed by atoms with Crippen LogP contribution in [0.2, 0.25) is 0 Å². The van der Waals surface area contributed by atoms with Crippen molar-refractivity contribution in [1.29, 1.82) is 0 Å². The van der Waals surface area contributed by atoms with E-state index in [1.54, 1.807) is 18.5 Å². The molecule has 110 valence electrons. The van der Waals surface area contributed by atoms with Crippen molar-refractivity contribution in [3.05, 3.63) is 65.2 Å². The van der Waals surface area contributed by atoms with Crippen LogP contribution in [-0.2, 0) is 13.1 Å². The molecular formula is C16H18FN3S. The maximum absolute atomic E-state index is 13.3. The average molecular weight is 303 g/mol. The maximum Gasteiger partial charge on any atom is 0.123 e. The maximum atomic E-state index is 13.3. The summed E-state index contributed by atoms with van der Waals surface area (Å²) in [6.45, 7) is 4.43. The SMILES string of the molecule is CCN(Cc1ccncc1)Cc1ccc(F)cc1C(N)=S. The van der Waals surface area contributed by atoms with Gasteiger partial charge in [0.05, 0.1) is 0 Å². The molecular weight excluding hydrogens is 285 g/mol. The second kappa shape index (κ2) is 7.24. The van der Waals surface area contributed by atoms with Crippen LogP contribution < -0.4 is 5.73 Å². The van der Waals surface area contributed by atoms with E-state index in [2.05, 4.69) is 16.8 Å². The van der Waals surface area contributed by atoms with Crippen molar-refractivity contribution < 1.29 is 4.39 Å². The zero-order valence-corrected chi connectivity index (χ0v) is 12.7. The molecule has 0 aliphatic carbocycles. The Hall–Kier alpha value is -1.85. The lowest BCUT2D eigenvalue weighted by Crippen LogP contribution is -2.24. The highest BCUT2D eigenvalue weighted by atomic mass is 32.1. The summed E-state index contributed by atoms with van der Waals surface area (Å²) in [4.78, 5) is 6.48. The number of thiocarbonyl (C=S) groups is 1. The van der Waals surface area contributed by atoms with Gasteiger partial charge in [-0.15, -0.1) is 0 Å². The highest BCUT2D eigenvalue weighted by Gasteiger charge is 2.11. The van der Waals surface area contributed by atoms with Gasteiger partial charge in [0, 0.05) is 31.0 Å². The summed E-state index contributed by atoms with van der Waals surface area (Å²) >= 11 is 5.01. The largest absolute Gasteiger partial charge is 0.389 e. The standard InChI is InChI=1S/C16H18FN3S/c1-2-20(10-12-5-7-19-8-6-12)11-13-3-4-14(17)9-15(13)16(18)21/h3-9H,2,10-11H2,1H3,(H2,18,21). The highest BCUT2D eigenvalue weighted by Crippen LogP contribution is 2.15. The first-order valence-corrected chi connectivity index (χ1v) is 7.20. The van der Waals surface area contributed by atoms with Gasteiger partial charge < -0.3 is 5.73 Å². The van der Waals surface area contributed by atoms with Gasteiger partial charge in [-0.3, -0.25) is 9.88 Å². The fraction of sp³-hybridized carbons (Fsp3) is 0.250. The predicted molar refractivity (Wildman–Crippen MR) is 86.3 cm³/mol. The van der Waals surface area contributed by atoms with Crippen molar-refractivity contribution in [2.45, 2.75) is 20.0 Å². The summed E-state index contributed by atoms with van der Waals surface area (Å²) in [6.07, 6.45) is 3.56. The molecule has 0 amide bonds. The van der Waals surface area contributed by atoms with E-state index >= 15 is 0 Å². The van der Waals surface area contributed by atoms with Crippen molar-refractivity contribution in [2.24, 2.45) is 5.73 Å². The quantitative estimate of drug-likeness (QED) is 0.833. The number of nitrogens with zero attached hydrogens (tertiary/aromatic N) is 2. The molecule has 2 rings (SSSR count). The molecule has 3 nitrogen and oxygen atoms in total. The number of pyridine rings is 1. The van der Waals surface area contributed by atoms with Crippen molar-refractivity contribution >= 4 is 17.2 Å². The van der Waals surface area contributed by atoms with Crippen LogP contribution in [0.3, 0.4) is 0 Å². The van der Waals surface area contributed by atoms with Crippen LogP contribution in [0.15, 0.2) is 42.7 Å². The van der Waals surface area contributed by atoms with E-state index < -0.39 is 0 Å². The first kappa shape index (κ1) is 15.5. The monoisotopic (exact) mass is 303 g/mol. The van der Waals surface area contributed by atoms with Crippen LogP contribution in [0.5, 0.6) is 0 Å². The number of nitrogens with two attached hydrogens (primary N) is 1. The van der Waals surface area contributed by atoms with E-state index in [0.29, 0.717) is 12.1 Å². The van der Waals surface area contributed by atoms with Crippen LogP contribution in [-0.4, -0.2) is 21.4 Å². The minimum Gasteiger partial charge on any atom is -0.389 e. The molecule has 0 fully saturated rings. The van der Waals surface area contributed by atoms with Crippen molar-refractivity contribution in [2.75, 3.05) is 6.54 Å². The van der Waals surface area contributed by atoms with E-state index in [0.717, 1.165) is 18.7 Å². The first-order valence-electron chi connectivity index (χ1n) is 6.79. The molecule has 0 unspecified atom stereocenters. The molecule has 0 aliphatic rings. The second-order valence-electron chi connectivity index (χ2n) is 4.82. The van der Waals surface area contributed by atoms with Crippen molar-refractivity contribution in [1.82, 2.24) is 9.88 Å². The van der Waals surface area contributed by atoms with E-state index in [9.17, 15) is 4.39 Å². The number of rotatable bonds is 6. The molecule has 1 heterocycles. The molecule has 2 aromatic rings. The number of halogens is 1. The van der Waals surface area contributed by atoms with Gasteiger partial charge in [0.1, 0.15) is 10.8 Å². The Morgan fingerprint density at radius 2 is 1.95 bits per heavy atom. The van der Waals surface area contributed by atoms with Gasteiger partial charge in [-0.1, -0.05) is 25.2 Å². The Balaban J connectivity index is 2.17. The van der Waals surface area contributed by atoms with Crippen LogP contribution in [0.25, 0.3) is 0 Å². The summed E-state index contributed by atoms with van der Waals surface area (Å²) in [5, 5.41) is 0. The lowest BCUT2D eigenvalue weighted by Gasteiger charge is -2.22. The molecule has 0 saturated heterocycles. The highest BCUT2D eigenvalue weighted by molar-refractivity contribution is 7.80. The van der Waals surface area contributed by atoms with Gasteiger partial charge in [0.25, 0.3) is 0 Å². The van der Waals surface area contributed by atoms with E-state index in [1.165, 1.54) is 17.7 Å². The third kappa shape index (κ3) is 4.31. The third-order valence-electron chi connectivity index (χ3n) is 3.33. The summed E-state index contributed by atoms with van der Waals surface area (Å²) < 4.78 is 13.3. The lowest BCUT2D eigenvalue weighted by atomic mass is 10.1. The molecule has 5 heteroatoms. The van der Waals surface area contributed by atoms with Gasteiger partial charge in [0.15, 0.2) is 0 Å². The van der Waals surface area contributed by atoms with E-state index in [1.807, 2.05) is 12.1 Å². The minimum atomic E-state index is -0.321. The minimum absolute atomic E-state index is 0.226. The molecule has 0 aliphatic heterocycles. The van der Waals surface area contributed by atoms with Gasteiger partial charge in [-0.05, 0) is 41.9 Å². The second-order valence-corrected chi connectivity index (χ2v) is 5.26. The number of benzene rings is 1.